The number of benzene rings is 1. The largest absolute Gasteiger partial charge is 0.374 e. The Morgan fingerprint density at radius 2 is 1.74 bits per heavy atom. The monoisotopic (exact) mass is 445 g/mol. The van der Waals surface area contributed by atoms with Crippen molar-refractivity contribution in [3.63, 3.8) is 0 Å². The van der Waals surface area contributed by atoms with Crippen molar-refractivity contribution in [3.05, 3.63) is 68.8 Å². The number of piperidine rings is 2. The number of carbonyl (C=O) groups excluding carboxylic acids is 1. The molecule has 1 aromatic rings. The van der Waals surface area contributed by atoms with Gasteiger partial charge in [0.15, 0.2) is 5.60 Å². The lowest BCUT2D eigenvalue weighted by molar-refractivity contribution is -0.530. The highest BCUT2D eigenvalue weighted by atomic mass is 35.5. The molecule has 0 radical (unpaired) electrons. The van der Waals surface area contributed by atoms with Crippen molar-refractivity contribution >= 4 is 17.5 Å². The number of halogens is 1. The number of likely N-dealkylation sites (tertiary alicyclic amines) is 2. The zero-order valence-electron chi connectivity index (χ0n) is 17.5. The van der Waals surface area contributed by atoms with Crippen LogP contribution in [0.1, 0.15) is 37.7 Å². The lowest BCUT2D eigenvalue weighted by atomic mass is 9.81. The first-order chi connectivity index (χ1) is 14.9. The van der Waals surface area contributed by atoms with Crippen LogP contribution in [-0.2, 0) is 10.4 Å². The van der Waals surface area contributed by atoms with Gasteiger partial charge in [0.05, 0.1) is 0 Å². The summed E-state index contributed by atoms with van der Waals surface area (Å²) in [6, 6.07) is 5.35. The molecule has 0 bridgehead atoms. The van der Waals surface area contributed by atoms with E-state index in [0.29, 0.717) is 29.7 Å². The summed E-state index contributed by atoms with van der Waals surface area (Å²) in [7, 11) is 0. The van der Waals surface area contributed by atoms with E-state index in [-0.39, 0.29) is 11.5 Å². The molecule has 1 N–H and O–H groups in total. The molecule has 31 heavy (non-hydrogen) atoms. The molecule has 166 valence electrons. The van der Waals surface area contributed by atoms with Gasteiger partial charge in [0.1, 0.15) is 0 Å². The molecule has 0 spiro atoms. The summed E-state index contributed by atoms with van der Waals surface area (Å²) in [5, 5.41) is 23.4. The van der Waals surface area contributed by atoms with Gasteiger partial charge in [-0.3, -0.25) is 14.9 Å². The van der Waals surface area contributed by atoms with E-state index in [1.165, 1.54) is 37.5 Å². The topological polar surface area (TPSA) is 86.9 Å². The van der Waals surface area contributed by atoms with Crippen molar-refractivity contribution in [2.45, 2.75) is 49.8 Å². The van der Waals surface area contributed by atoms with Gasteiger partial charge in [-0.05, 0) is 62.5 Å². The summed E-state index contributed by atoms with van der Waals surface area (Å²) >= 11 is 5.91. The molecule has 1 aromatic carbocycles. The minimum absolute atomic E-state index is 0.210. The fourth-order valence-electron chi connectivity index (χ4n) is 4.92. The van der Waals surface area contributed by atoms with E-state index in [9.17, 15) is 20.0 Å². The first kappa shape index (κ1) is 22.0. The summed E-state index contributed by atoms with van der Waals surface area (Å²) in [5.41, 5.74) is -1.21. The molecule has 7 nitrogen and oxygen atoms in total. The lowest BCUT2D eigenvalue weighted by Crippen LogP contribution is -2.49. The minimum atomic E-state index is -1.83. The number of carbonyl (C=O) groups is 1. The van der Waals surface area contributed by atoms with Crippen LogP contribution < -0.4 is 0 Å². The van der Waals surface area contributed by atoms with Gasteiger partial charge in [0, 0.05) is 40.7 Å². The van der Waals surface area contributed by atoms with Gasteiger partial charge in [-0.1, -0.05) is 36.2 Å². The smallest absolute Gasteiger partial charge is 0.268 e. The predicted octanol–water partition coefficient (Wildman–Crippen LogP) is 3.15. The van der Waals surface area contributed by atoms with Gasteiger partial charge in [-0.2, -0.15) is 0 Å². The highest BCUT2D eigenvalue weighted by Gasteiger charge is 2.46. The van der Waals surface area contributed by atoms with E-state index < -0.39 is 16.6 Å². The van der Waals surface area contributed by atoms with Gasteiger partial charge in [-0.25, -0.2) is 0 Å². The zero-order chi connectivity index (χ0) is 22.0. The summed E-state index contributed by atoms with van der Waals surface area (Å²) in [4.78, 5) is 28.6. The van der Waals surface area contributed by atoms with Crippen molar-refractivity contribution in [1.82, 2.24) is 9.80 Å². The number of nitrogens with zero attached hydrogens (tertiary/aromatic N) is 3. The lowest BCUT2D eigenvalue weighted by Gasteiger charge is -2.40. The van der Waals surface area contributed by atoms with E-state index in [2.05, 4.69) is 4.90 Å². The van der Waals surface area contributed by atoms with E-state index in [1.807, 2.05) is 0 Å². The summed E-state index contributed by atoms with van der Waals surface area (Å²) in [5.74, 6) is -0.210. The summed E-state index contributed by atoms with van der Waals surface area (Å²) in [6.07, 6.45) is 9.80. The van der Waals surface area contributed by atoms with Crippen LogP contribution in [0.5, 0.6) is 0 Å². The average Bonchev–Trinajstić information content (AvgIpc) is 2.80. The molecule has 2 aliphatic heterocycles. The molecular formula is C23H28ClN3O4. The number of hydrogen-bond donors (Lipinski definition) is 1. The normalized spacial score (nSPS) is 27.7. The fourth-order valence-corrected chi connectivity index (χ4v) is 5.04. The van der Waals surface area contributed by atoms with Crippen LogP contribution in [0, 0.1) is 10.1 Å². The van der Waals surface area contributed by atoms with Gasteiger partial charge in [0.2, 0.25) is 0 Å². The number of amides is 1. The molecule has 4 rings (SSSR count). The molecule has 2 fully saturated rings. The Kier molecular flexibility index (Phi) is 6.46. The van der Waals surface area contributed by atoms with Gasteiger partial charge in [-0.15, -0.1) is 0 Å². The molecule has 3 aliphatic rings. The first-order valence-electron chi connectivity index (χ1n) is 10.9. The Hall–Kier alpha value is -2.22. The highest BCUT2D eigenvalue weighted by Crippen LogP contribution is 2.35. The second kappa shape index (κ2) is 9.10. The van der Waals surface area contributed by atoms with Crippen LogP contribution in [0.25, 0.3) is 0 Å². The molecule has 2 heterocycles. The van der Waals surface area contributed by atoms with E-state index in [4.69, 9.17) is 11.6 Å². The van der Waals surface area contributed by atoms with E-state index in [1.54, 1.807) is 29.2 Å². The second-order valence-corrected chi connectivity index (χ2v) is 9.07. The van der Waals surface area contributed by atoms with Crippen molar-refractivity contribution in [2.75, 3.05) is 26.2 Å². The van der Waals surface area contributed by atoms with Crippen LogP contribution in [0.2, 0.25) is 5.02 Å². The molecule has 1 aliphatic carbocycles. The Balaban J connectivity index is 1.46. The molecule has 2 saturated heterocycles. The number of nitro groups is 1. The second-order valence-electron chi connectivity index (χ2n) is 8.64. The standard InChI is InChI=1S/C23H28ClN3O4/c24-19-6-4-18(5-7-19)23(29)11-8-17(16-21(23)27(30)31)22(28)26-14-9-20(10-15-26)25-12-2-1-3-13-25/h4-8,11,16,20-21,29H,1-3,9-10,12-15H2. The Labute approximate surface area is 187 Å². The minimum Gasteiger partial charge on any atom is -0.374 e. The van der Waals surface area contributed by atoms with Crippen LogP contribution in [0.4, 0.5) is 0 Å². The van der Waals surface area contributed by atoms with Crippen molar-refractivity contribution in [2.24, 2.45) is 0 Å². The average molecular weight is 446 g/mol. The van der Waals surface area contributed by atoms with Crippen molar-refractivity contribution in [1.29, 1.82) is 0 Å². The maximum absolute atomic E-state index is 13.1. The Morgan fingerprint density at radius 1 is 1.10 bits per heavy atom. The van der Waals surface area contributed by atoms with Crippen molar-refractivity contribution in [3.8, 4) is 0 Å². The van der Waals surface area contributed by atoms with Crippen LogP contribution in [-0.4, -0.2) is 64.0 Å². The van der Waals surface area contributed by atoms with E-state index >= 15 is 0 Å². The molecule has 8 heteroatoms. The van der Waals surface area contributed by atoms with E-state index in [0.717, 1.165) is 25.9 Å². The van der Waals surface area contributed by atoms with Crippen LogP contribution in [0.3, 0.4) is 0 Å². The SMILES string of the molecule is O=C(C1=CC([N+](=O)[O-])C(O)(c2ccc(Cl)cc2)C=C1)N1CCC(N2CCCCC2)CC1. The molecule has 0 aromatic heterocycles. The van der Waals surface area contributed by atoms with Gasteiger partial charge >= 0.3 is 0 Å². The van der Waals surface area contributed by atoms with Crippen LogP contribution in [0.15, 0.2) is 48.1 Å². The molecule has 1 amide bonds. The third-order valence-corrected chi connectivity index (χ3v) is 7.00. The third-order valence-electron chi connectivity index (χ3n) is 6.74. The molecule has 2 atom stereocenters. The van der Waals surface area contributed by atoms with Crippen LogP contribution >= 0.6 is 11.6 Å². The fraction of sp³-hybridized carbons (Fsp3) is 0.522. The number of rotatable bonds is 4. The maximum atomic E-state index is 13.1. The maximum Gasteiger partial charge on any atom is 0.268 e. The van der Waals surface area contributed by atoms with Gasteiger partial charge < -0.3 is 14.9 Å². The molecule has 0 saturated carbocycles. The third kappa shape index (κ3) is 4.54. The summed E-state index contributed by atoms with van der Waals surface area (Å²) in [6.45, 7) is 3.58. The number of hydrogen-bond acceptors (Lipinski definition) is 5. The van der Waals surface area contributed by atoms with Crippen molar-refractivity contribution < 1.29 is 14.8 Å². The predicted molar refractivity (Wildman–Crippen MR) is 118 cm³/mol. The Morgan fingerprint density at radius 3 is 2.35 bits per heavy atom. The van der Waals surface area contributed by atoms with Gasteiger partial charge in [0.25, 0.3) is 11.9 Å². The molecular weight excluding hydrogens is 418 g/mol. The molecule has 2 unspecified atom stereocenters. The highest BCUT2D eigenvalue weighted by molar-refractivity contribution is 6.30. The Bertz CT molecular complexity index is 887. The first-order valence-corrected chi connectivity index (χ1v) is 11.3. The number of aliphatic hydroxyl groups is 1. The quantitative estimate of drug-likeness (QED) is 0.568. The summed E-state index contributed by atoms with van der Waals surface area (Å²) < 4.78 is 0. The zero-order valence-corrected chi connectivity index (χ0v) is 18.2.